The van der Waals surface area contributed by atoms with E-state index in [-0.39, 0.29) is 11.8 Å². The third-order valence-corrected chi connectivity index (χ3v) is 5.95. The van der Waals surface area contributed by atoms with Crippen LogP contribution in [0.4, 0.5) is 11.4 Å². The predicted molar refractivity (Wildman–Crippen MR) is 121 cm³/mol. The number of amides is 2. The maximum atomic E-state index is 13.6. The molecule has 162 valence electrons. The van der Waals surface area contributed by atoms with Gasteiger partial charge in [0.05, 0.1) is 24.0 Å². The molecule has 0 spiro atoms. The second-order valence-corrected chi connectivity index (χ2v) is 8.01. The highest BCUT2D eigenvalue weighted by Gasteiger charge is 2.60. The summed E-state index contributed by atoms with van der Waals surface area (Å²) in [6.07, 6.45) is -0.874. The van der Waals surface area contributed by atoms with E-state index in [1.165, 1.54) is 4.90 Å². The summed E-state index contributed by atoms with van der Waals surface area (Å²) >= 11 is 0. The number of carbonyl (C=O) groups is 2. The number of anilines is 2. The van der Waals surface area contributed by atoms with E-state index in [0.717, 1.165) is 16.8 Å². The molecule has 32 heavy (non-hydrogen) atoms. The number of benzene rings is 3. The van der Waals surface area contributed by atoms with Crippen molar-refractivity contribution in [3.05, 3.63) is 90.0 Å². The summed E-state index contributed by atoms with van der Waals surface area (Å²) in [5, 5.41) is 1.71. The van der Waals surface area contributed by atoms with Crippen molar-refractivity contribution in [2.45, 2.75) is 26.0 Å². The van der Waals surface area contributed by atoms with Crippen LogP contribution in [0.2, 0.25) is 0 Å². The van der Waals surface area contributed by atoms with E-state index in [1.807, 2.05) is 68.4 Å². The number of para-hydroxylation sites is 1. The lowest BCUT2D eigenvalue weighted by Crippen LogP contribution is -2.37. The van der Waals surface area contributed by atoms with Gasteiger partial charge in [0, 0.05) is 0 Å². The Balaban J connectivity index is 1.53. The molecule has 2 aliphatic heterocycles. The fourth-order valence-electron chi connectivity index (χ4n) is 4.43. The molecule has 6 nitrogen and oxygen atoms in total. The summed E-state index contributed by atoms with van der Waals surface area (Å²) in [6, 6.07) is 24.2. The monoisotopic (exact) mass is 428 g/mol. The first-order valence-electron chi connectivity index (χ1n) is 10.8. The summed E-state index contributed by atoms with van der Waals surface area (Å²) in [4.78, 5) is 34.3. The van der Waals surface area contributed by atoms with E-state index in [0.29, 0.717) is 18.0 Å². The number of fused-ring (bicyclic) bond motifs is 1. The minimum absolute atomic E-state index is 0.256. The van der Waals surface area contributed by atoms with Crippen molar-refractivity contribution in [1.29, 1.82) is 0 Å². The fraction of sp³-hybridized carbons (Fsp3) is 0.231. The zero-order valence-electron chi connectivity index (χ0n) is 18.0. The minimum atomic E-state index is -0.874. The molecular formula is C26H24N2O4. The molecule has 2 aliphatic rings. The molecule has 3 atom stereocenters. The van der Waals surface area contributed by atoms with Crippen molar-refractivity contribution >= 4 is 23.2 Å². The van der Waals surface area contributed by atoms with Crippen molar-refractivity contribution in [1.82, 2.24) is 0 Å². The van der Waals surface area contributed by atoms with Crippen molar-refractivity contribution in [3.63, 3.8) is 0 Å². The SMILES string of the molecule is CCOc1ccc(N2C(=O)[C@H]3[C@H](ON(c4ccccc4)[C@@H]3c3ccc(C)cc3)C2=O)cc1. The molecule has 0 aliphatic carbocycles. The zero-order chi connectivity index (χ0) is 22.2. The number of nitrogens with zero attached hydrogens (tertiary/aromatic N) is 2. The number of aryl methyl sites for hydroxylation is 1. The van der Waals surface area contributed by atoms with Gasteiger partial charge in [0.2, 0.25) is 5.91 Å². The third-order valence-electron chi connectivity index (χ3n) is 5.95. The normalized spacial score (nSPS) is 22.4. The first-order chi connectivity index (χ1) is 15.6. The van der Waals surface area contributed by atoms with Crippen molar-refractivity contribution < 1.29 is 19.2 Å². The van der Waals surface area contributed by atoms with Gasteiger partial charge in [-0.1, -0.05) is 48.0 Å². The second-order valence-electron chi connectivity index (χ2n) is 8.01. The number of imide groups is 1. The summed E-state index contributed by atoms with van der Waals surface area (Å²) in [7, 11) is 0. The summed E-state index contributed by atoms with van der Waals surface area (Å²) in [6.45, 7) is 4.47. The smallest absolute Gasteiger partial charge is 0.266 e. The lowest BCUT2D eigenvalue weighted by molar-refractivity contribution is -0.126. The van der Waals surface area contributed by atoms with Crippen LogP contribution in [0.1, 0.15) is 24.1 Å². The van der Waals surface area contributed by atoms with E-state index in [2.05, 4.69) is 0 Å². The standard InChI is InChI=1S/C26H24N2O4/c1-3-31-21-15-13-19(14-16-21)27-25(29)22-23(18-11-9-17(2)10-12-18)28(32-24(22)26(27)30)20-7-5-4-6-8-20/h4-16,22-24H,3H2,1-2H3/t22-,23-,24+/m1/s1. The average molecular weight is 428 g/mol. The number of rotatable bonds is 5. The number of hydrogen-bond acceptors (Lipinski definition) is 5. The van der Waals surface area contributed by atoms with Gasteiger partial charge in [-0.2, -0.15) is 0 Å². The molecule has 0 radical (unpaired) electrons. The van der Waals surface area contributed by atoms with Crippen molar-refractivity contribution in [2.24, 2.45) is 5.92 Å². The number of ether oxygens (including phenoxy) is 1. The Hall–Kier alpha value is -3.64. The predicted octanol–water partition coefficient (Wildman–Crippen LogP) is 4.44. The van der Waals surface area contributed by atoms with Gasteiger partial charge in [-0.3, -0.25) is 14.4 Å². The molecular weight excluding hydrogens is 404 g/mol. The molecule has 2 amide bonds. The molecule has 0 bridgehead atoms. The van der Waals surface area contributed by atoms with Crippen LogP contribution in [0.5, 0.6) is 5.75 Å². The largest absolute Gasteiger partial charge is 0.494 e. The van der Waals surface area contributed by atoms with Gasteiger partial charge < -0.3 is 4.74 Å². The van der Waals surface area contributed by atoms with Gasteiger partial charge in [-0.15, -0.1) is 0 Å². The molecule has 3 aromatic carbocycles. The molecule has 0 saturated carbocycles. The first kappa shape index (κ1) is 20.3. The third kappa shape index (κ3) is 3.33. The van der Waals surface area contributed by atoms with Crippen LogP contribution in [0.25, 0.3) is 0 Å². The Morgan fingerprint density at radius 1 is 0.844 bits per heavy atom. The number of hydroxylamine groups is 1. The molecule has 6 heteroatoms. The molecule has 5 rings (SSSR count). The van der Waals surface area contributed by atoms with Crippen LogP contribution < -0.4 is 14.7 Å². The van der Waals surface area contributed by atoms with E-state index in [4.69, 9.17) is 9.57 Å². The van der Waals surface area contributed by atoms with Crippen LogP contribution in [-0.4, -0.2) is 24.5 Å². The highest BCUT2D eigenvalue weighted by molar-refractivity contribution is 6.23. The zero-order valence-corrected chi connectivity index (χ0v) is 18.0. The van der Waals surface area contributed by atoms with E-state index in [9.17, 15) is 9.59 Å². The average Bonchev–Trinajstić information content (AvgIpc) is 3.32. The molecule has 0 unspecified atom stereocenters. The molecule has 2 heterocycles. The first-order valence-corrected chi connectivity index (χ1v) is 10.8. The Bertz CT molecular complexity index is 1130. The van der Waals surface area contributed by atoms with E-state index >= 15 is 0 Å². The van der Waals surface area contributed by atoms with Gasteiger partial charge in [0.25, 0.3) is 5.91 Å². The van der Waals surface area contributed by atoms with Gasteiger partial charge >= 0.3 is 0 Å². The van der Waals surface area contributed by atoms with Crippen molar-refractivity contribution in [3.8, 4) is 5.75 Å². The quantitative estimate of drug-likeness (QED) is 0.562. The maximum absolute atomic E-state index is 13.6. The van der Waals surface area contributed by atoms with Crippen LogP contribution in [0.15, 0.2) is 78.9 Å². The maximum Gasteiger partial charge on any atom is 0.266 e. The highest BCUT2D eigenvalue weighted by Crippen LogP contribution is 2.47. The van der Waals surface area contributed by atoms with Crippen molar-refractivity contribution in [2.75, 3.05) is 16.6 Å². The van der Waals surface area contributed by atoms with Crippen LogP contribution >= 0.6 is 0 Å². The number of hydrogen-bond donors (Lipinski definition) is 0. The van der Waals surface area contributed by atoms with Gasteiger partial charge in [0.15, 0.2) is 6.10 Å². The van der Waals surface area contributed by atoms with Gasteiger partial charge in [0.1, 0.15) is 11.7 Å². The van der Waals surface area contributed by atoms with Crippen LogP contribution in [-0.2, 0) is 14.4 Å². The second kappa shape index (κ2) is 8.13. The molecule has 3 aromatic rings. The number of carbonyl (C=O) groups excluding carboxylic acids is 2. The summed E-state index contributed by atoms with van der Waals surface area (Å²) < 4.78 is 5.48. The molecule has 0 aromatic heterocycles. The topological polar surface area (TPSA) is 59.1 Å². The van der Waals surface area contributed by atoms with Gasteiger partial charge in [-0.25, -0.2) is 9.96 Å². The molecule has 2 saturated heterocycles. The fourth-order valence-corrected chi connectivity index (χ4v) is 4.43. The Morgan fingerprint density at radius 3 is 2.19 bits per heavy atom. The highest BCUT2D eigenvalue weighted by atomic mass is 16.7. The Labute approximate surface area is 186 Å². The summed E-state index contributed by atoms with van der Waals surface area (Å²) in [5.41, 5.74) is 3.39. The lowest BCUT2D eigenvalue weighted by atomic mass is 9.90. The molecule has 0 N–H and O–H groups in total. The lowest BCUT2D eigenvalue weighted by Gasteiger charge is -2.28. The van der Waals surface area contributed by atoms with Gasteiger partial charge in [-0.05, 0) is 55.8 Å². The summed E-state index contributed by atoms with van der Waals surface area (Å²) in [5.74, 6) is -0.551. The Kier molecular flexibility index (Phi) is 5.15. The van der Waals surface area contributed by atoms with E-state index < -0.39 is 18.1 Å². The van der Waals surface area contributed by atoms with Crippen LogP contribution in [0, 0.1) is 12.8 Å². The minimum Gasteiger partial charge on any atom is -0.494 e. The van der Waals surface area contributed by atoms with E-state index in [1.54, 1.807) is 29.3 Å². The van der Waals surface area contributed by atoms with Crippen LogP contribution in [0.3, 0.4) is 0 Å². The Morgan fingerprint density at radius 2 is 1.53 bits per heavy atom. The molecule has 2 fully saturated rings.